The van der Waals surface area contributed by atoms with Crippen LogP contribution in [-0.2, 0) is 6.42 Å². The lowest BCUT2D eigenvalue weighted by atomic mass is 9.97. The molecule has 0 heterocycles. The maximum absolute atomic E-state index is 13.7. The van der Waals surface area contributed by atoms with Gasteiger partial charge in [-0.1, -0.05) is 18.2 Å². The highest BCUT2D eigenvalue weighted by molar-refractivity contribution is 5.47. The van der Waals surface area contributed by atoms with E-state index in [9.17, 15) is 8.78 Å². The maximum atomic E-state index is 13.7. The normalized spacial score (nSPS) is 12.0. The predicted molar refractivity (Wildman–Crippen MR) is 76.5 cm³/mol. The van der Waals surface area contributed by atoms with Crippen molar-refractivity contribution in [2.75, 3.05) is 14.2 Å². The molecule has 0 spiro atoms. The molecule has 0 saturated carbocycles. The zero-order chi connectivity index (χ0) is 15.4. The second kappa shape index (κ2) is 6.54. The summed E-state index contributed by atoms with van der Waals surface area (Å²) in [6.07, 6.45) is 0.139. The first kappa shape index (κ1) is 15.3. The van der Waals surface area contributed by atoms with E-state index in [0.717, 1.165) is 6.07 Å². The molecule has 2 aromatic rings. The van der Waals surface area contributed by atoms with Crippen molar-refractivity contribution in [3.8, 4) is 11.5 Å². The maximum Gasteiger partial charge on any atom is 0.162 e. The molecule has 3 nitrogen and oxygen atoms in total. The number of nitrogens with two attached hydrogens (primary N) is 1. The first-order valence-corrected chi connectivity index (χ1v) is 6.47. The van der Waals surface area contributed by atoms with Gasteiger partial charge in [-0.3, -0.25) is 0 Å². The summed E-state index contributed by atoms with van der Waals surface area (Å²) in [5, 5.41) is 0. The summed E-state index contributed by atoms with van der Waals surface area (Å²) >= 11 is 0. The van der Waals surface area contributed by atoms with Crippen LogP contribution in [0.1, 0.15) is 17.2 Å². The number of hydrogen-bond acceptors (Lipinski definition) is 3. The van der Waals surface area contributed by atoms with Crippen LogP contribution in [0.2, 0.25) is 0 Å². The Morgan fingerprint density at radius 3 is 2.14 bits per heavy atom. The molecule has 0 aromatic heterocycles. The highest BCUT2D eigenvalue weighted by Gasteiger charge is 2.20. The Balaban J connectivity index is 2.36. The number of rotatable bonds is 5. The van der Waals surface area contributed by atoms with E-state index < -0.39 is 17.7 Å². The topological polar surface area (TPSA) is 44.5 Å². The van der Waals surface area contributed by atoms with E-state index >= 15 is 0 Å². The molecular formula is C16H17F2NO2. The quantitative estimate of drug-likeness (QED) is 0.920. The SMILES string of the molecule is COc1cccc(OC)c1C(N)Cc1cccc(F)c1F. The van der Waals surface area contributed by atoms with Crippen LogP contribution in [0.15, 0.2) is 36.4 Å². The van der Waals surface area contributed by atoms with Gasteiger partial charge in [0.15, 0.2) is 11.6 Å². The number of halogens is 2. The van der Waals surface area contributed by atoms with Gasteiger partial charge in [0, 0.05) is 6.04 Å². The van der Waals surface area contributed by atoms with Crippen molar-refractivity contribution in [2.24, 2.45) is 5.73 Å². The molecule has 0 saturated heterocycles. The van der Waals surface area contributed by atoms with E-state index in [0.29, 0.717) is 17.1 Å². The Bertz CT molecular complexity index is 609. The number of ether oxygens (including phenoxy) is 2. The Hall–Kier alpha value is -2.14. The van der Waals surface area contributed by atoms with E-state index in [1.54, 1.807) is 18.2 Å². The van der Waals surface area contributed by atoms with Crippen LogP contribution in [0.3, 0.4) is 0 Å². The second-order valence-electron chi connectivity index (χ2n) is 4.60. The molecule has 0 aliphatic heterocycles. The summed E-state index contributed by atoms with van der Waals surface area (Å²) in [7, 11) is 3.04. The fourth-order valence-corrected chi connectivity index (χ4v) is 2.29. The zero-order valence-corrected chi connectivity index (χ0v) is 11.9. The van der Waals surface area contributed by atoms with Crippen molar-refractivity contribution in [3.63, 3.8) is 0 Å². The fourth-order valence-electron chi connectivity index (χ4n) is 2.29. The third-order valence-electron chi connectivity index (χ3n) is 3.31. The van der Waals surface area contributed by atoms with Gasteiger partial charge in [-0.05, 0) is 30.2 Å². The molecular weight excluding hydrogens is 276 g/mol. The molecule has 0 bridgehead atoms. The molecule has 2 rings (SSSR count). The van der Waals surface area contributed by atoms with Crippen molar-refractivity contribution < 1.29 is 18.3 Å². The monoisotopic (exact) mass is 293 g/mol. The van der Waals surface area contributed by atoms with Gasteiger partial charge in [-0.15, -0.1) is 0 Å². The molecule has 1 atom stereocenters. The summed E-state index contributed by atoms with van der Waals surface area (Å²) in [5.41, 5.74) is 7.00. The third kappa shape index (κ3) is 3.13. The van der Waals surface area contributed by atoms with E-state index in [-0.39, 0.29) is 12.0 Å². The van der Waals surface area contributed by atoms with Crippen molar-refractivity contribution in [1.29, 1.82) is 0 Å². The molecule has 0 aliphatic carbocycles. The minimum absolute atomic E-state index is 0.139. The summed E-state index contributed by atoms with van der Waals surface area (Å²) in [4.78, 5) is 0. The highest BCUT2D eigenvalue weighted by Crippen LogP contribution is 2.34. The summed E-state index contributed by atoms with van der Waals surface area (Å²) in [5.74, 6) is -0.647. The van der Waals surface area contributed by atoms with E-state index in [2.05, 4.69) is 0 Å². The number of hydrogen-bond donors (Lipinski definition) is 1. The van der Waals surface area contributed by atoms with Crippen molar-refractivity contribution in [1.82, 2.24) is 0 Å². The van der Waals surface area contributed by atoms with E-state index in [4.69, 9.17) is 15.2 Å². The van der Waals surface area contributed by atoms with Crippen molar-refractivity contribution >= 4 is 0 Å². The average Bonchev–Trinajstić information content (AvgIpc) is 2.50. The van der Waals surface area contributed by atoms with Crippen molar-refractivity contribution in [2.45, 2.75) is 12.5 Å². The minimum atomic E-state index is -0.883. The lowest BCUT2D eigenvalue weighted by Crippen LogP contribution is -2.16. The molecule has 1 unspecified atom stereocenters. The summed E-state index contributed by atoms with van der Waals surface area (Å²) < 4.78 is 37.6. The average molecular weight is 293 g/mol. The minimum Gasteiger partial charge on any atom is -0.496 e. The third-order valence-corrected chi connectivity index (χ3v) is 3.31. The zero-order valence-electron chi connectivity index (χ0n) is 11.9. The molecule has 0 radical (unpaired) electrons. The smallest absolute Gasteiger partial charge is 0.162 e. The highest BCUT2D eigenvalue weighted by atomic mass is 19.2. The molecule has 112 valence electrons. The van der Waals surface area contributed by atoms with Crippen molar-refractivity contribution in [3.05, 3.63) is 59.2 Å². The van der Waals surface area contributed by atoms with Crippen LogP contribution in [0, 0.1) is 11.6 Å². The second-order valence-corrected chi connectivity index (χ2v) is 4.60. The molecule has 0 amide bonds. The Kier molecular flexibility index (Phi) is 4.75. The molecule has 5 heteroatoms. The van der Waals surface area contributed by atoms with Crippen LogP contribution >= 0.6 is 0 Å². The van der Waals surface area contributed by atoms with Crippen LogP contribution in [0.5, 0.6) is 11.5 Å². The predicted octanol–water partition coefficient (Wildman–Crippen LogP) is 3.22. The van der Waals surface area contributed by atoms with Gasteiger partial charge in [0.1, 0.15) is 11.5 Å². The van der Waals surface area contributed by atoms with Crippen LogP contribution < -0.4 is 15.2 Å². The first-order valence-electron chi connectivity index (χ1n) is 6.47. The standard InChI is InChI=1S/C16H17F2NO2/c1-20-13-7-4-8-14(21-2)15(13)12(19)9-10-5-3-6-11(17)16(10)18/h3-8,12H,9,19H2,1-2H3. The lowest BCUT2D eigenvalue weighted by molar-refractivity contribution is 0.378. The summed E-state index contributed by atoms with van der Waals surface area (Å²) in [6, 6.07) is 8.75. The Labute approximate surface area is 122 Å². The Morgan fingerprint density at radius 2 is 1.57 bits per heavy atom. The van der Waals surface area contributed by atoms with E-state index in [1.165, 1.54) is 26.4 Å². The Morgan fingerprint density at radius 1 is 1.00 bits per heavy atom. The molecule has 21 heavy (non-hydrogen) atoms. The lowest BCUT2D eigenvalue weighted by Gasteiger charge is -2.19. The first-order chi connectivity index (χ1) is 10.1. The van der Waals surface area contributed by atoms with E-state index in [1.807, 2.05) is 0 Å². The molecule has 2 N–H and O–H groups in total. The van der Waals surface area contributed by atoms with Crippen LogP contribution in [0.25, 0.3) is 0 Å². The molecule has 0 aliphatic rings. The van der Waals surface area contributed by atoms with Gasteiger partial charge >= 0.3 is 0 Å². The van der Waals surface area contributed by atoms with Gasteiger partial charge < -0.3 is 15.2 Å². The van der Waals surface area contributed by atoms with Gasteiger partial charge in [0.05, 0.1) is 19.8 Å². The largest absolute Gasteiger partial charge is 0.496 e. The van der Waals surface area contributed by atoms with Crippen LogP contribution in [0.4, 0.5) is 8.78 Å². The van der Waals surface area contributed by atoms with Gasteiger partial charge in [0.25, 0.3) is 0 Å². The molecule has 0 fully saturated rings. The fraction of sp³-hybridized carbons (Fsp3) is 0.250. The molecule has 2 aromatic carbocycles. The summed E-state index contributed by atoms with van der Waals surface area (Å²) in [6.45, 7) is 0. The van der Waals surface area contributed by atoms with Gasteiger partial charge in [-0.25, -0.2) is 8.78 Å². The number of methoxy groups -OCH3 is 2. The van der Waals surface area contributed by atoms with Gasteiger partial charge in [0.2, 0.25) is 0 Å². The van der Waals surface area contributed by atoms with Gasteiger partial charge in [-0.2, -0.15) is 0 Å². The number of benzene rings is 2. The van der Waals surface area contributed by atoms with Crippen LogP contribution in [-0.4, -0.2) is 14.2 Å².